The fraction of sp³-hybridized carbons (Fsp3) is 0.828. The molecule has 3 amide bonds. The molecule has 6 heteroatoms. The van der Waals surface area contributed by atoms with Gasteiger partial charge in [-0.05, 0) is 44.9 Å². The third kappa shape index (κ3) is 22.4. The van der Waals surface area contributed by atoms with Crippen molar-refractivity contribution >= 4 is 17.7 Å². The van der Waals surface area contributed by atoms with Crippen molar-refractivity contribution in [3.05, 3.63) is 12.2 Å². The molecule has 0 unspecified atom stereocenters. The highest BCUT2D eigenvalue weighted by Gasteiger charge is 2.21. The number of nitrogens with one attached hydrogen (secondary N) is 3. The van der Waals surface area contributed by atoms with E-state index in [1.165, 1.54) is 51.4 Å². The molecule has 0 fully saturated rings. The van der Waals surface area contributed by atoms with Gasteiger partial charge in [0.15, 0.2) is 0 Å². The Balaban J connectivity index is 4.15. The first-order chi connectivity index (χ1) is 17.0. The van der Waals surface area contributed by atoms with E-state index in [1.807, 2.05) is 0 Å². The van der Waals surface area contributed by atoms with E-state index in [-0.39, 0.29) is 24.1 Å². The van der Waals surface area contributed by atoms with Crippen molar-refractivity contribution in [1.29, 1.82) is 0 Å². The maximum Gasteiger partial charge on any atom is 0.242 e. The van der Waals surface area contributed by atoms with Gasteiger partial charge in [-0.3, -0.25) is 14.4 Å². The Kier molecular flexibility index (Phi) is 23.9. The van der Waals surface area contributed by atoms with Crippen LogP contribution in [0.5, 0.6) is 0 Å². The van der Waals surface area contributed by atoms with E-state index in [1.54, 1.807) is 0 Å². The number of hydrogen-bond acceptors (Lipinski definition) is 3. The van der Waals surface area contributed by atoms with Crippen LogP contribution in [0, 0.1) is 0 Å². The van der Waals surface area contributed by atoms with Crippen molar-refractivity contribution in [2.24, 2.45) is 0 Å². The van der Waals surface area contributed by atoms with E-state index in [4.69, 9.17) is 0 Å². The van der Waals surface area contributed by atoms with E-state index in [0.29, 0.717) is 25.9 Å². The largest absolute Gasteiger partial charge is 0.356 e. The summed E-state index contributed by atoms with van der Waals surface area (Å²) >= 11 is 0. The normalized spacial score (nSPS) is 12.0. The zero-order valence-electron chi connectivity index (χ0n) is 23.1. The van der Waals surface area contributed by atoms with Crippen molar-refractivity contribution in [3.8, 4) is 0 Å². The lowest BCUT2D eigenvalue weighted by Crippen LogP contribution is -2.47. The molecule has 0 aliphatic rings. The van der Waals surface area contributed by atoms with Gasteiger partial charge in [0.25, 0.3) is 0 Å². The van der Waals surface area contributed by atoms with Crippen LogP contribution in [-0.2, 0) is 14.4 Å². The maximum atomic E-state index is 12.5. The van der Waals surface area contributed by atoms with Crippen LogP contribution >= 0.6 is 0 Å². The van der Waals surface area contributed by atoms with Gasteiger partial charge in [0.2, 0.25) is 17.7 Å². The lowest BCUT2D eigenvalue weighted by molar-refractivity contribution is -0.129. The van der Waals surface area contributed by atoms with Crippen LogP contribution in [0.2, 0.25) is 0 Å². The van der Waals surface area contributed by atoms with Gasteiger partial charge in [0, 0.05) is 25.9 Å². The average molecular weight is 494 g/mol. The first kappa shape index (κ1) is 33.1. The number of allylic oxidation sites excluding steroid dienone is 2. The van der Waals surface area contributed by atoms with Crippen molar-refractivity contribution in [2.75, 3.05) is 13.1 Å². The molecule has 0 aliphatic heterocycles. The van der Waals surface area contributed by atoms with E-state index < -0.39 is 6.04 Å². The highest BCUT2D eigenvalue weighted by molar-refractivity contribution is 5.88. The third-order valence-corrected chi connectivity index (χ3v) is 6.16. The third-order valence-electron chi connectivity index (χ3n) is 6.16. The van der Waals surface area contributed by atoms with E-state index in [0.717, 1.165) is 44.9 Å². The summed E-state index contributed by atoms with van der Waals surface area (Å²) in [5.74, 6) is -0.386. The molecule has 0 aromatic rings. The SMILES string of the molecule is CCCCCCCCCC/C=C/CCCC(=O)N[C@@H](CCC(=O)NCCCC)C(=O)NCCCC. The molecule has 0 heterocycles. The number of amides is 3. The van der Waals surface area contributed by atoms with Gasteiger partial charge in [-0.25, -0.2) is 0 Å². The molecule has 0 aliphatic carbocycles. The Labute approximate surface area is 215 Å². The minimum Gasteiger partial charge on any atom is -0.356 e. The first-order valence-electron chi connectivity index (χ1n) is 14.5. The Bertz CT molecular complexity index is 563. The molecule has 0 spiro atoms. The topological polar surface area (TPSA) is 87.3 Å². The molecule has 3 N–H and O–H groups in total. The summed E-state index contributed by atoms with van der Waals surface area (Å²) in [6, 6.07) is -0.659. The number of carbonyl (C=O) groups is 3. The van der Waals surface area contributed by atoms with Gasteiger partial charge in [-0.2, -0.15) is 0 Å². The standard InChI is InChI=1S/C29H55N3O3/c1-4-7-10-11-12-13-14-15-16-17-18-19-20-21-28(34)32-26(29(35)31-25-9-6-3)22-23-27(33)30-24-8-5-2/h17-18,26H,4-16,19-25H2,1-3H3,(H,30,33)(H,31,35)(H,32,34)/b18-17+/t26-/m0/s1. The second-order valence-electron chi connectivity index (χ2n) is 9.63. The number of carbonyl (C=O) groups excluding carboxylic acids is 3. The first-order valence-corrected chi connectivity index (χ1v) is 14.5. The lowest BCUT2D eigenvalue weighted by atomic mass is 10.1. The van der Waals surface area contributed by atoms with E-state index in [2.05, 4.69) is 48.9 Å². The number of rotatable bonds is 24. The van der Waals surface area contributed by atoms with Crippen molar-refractivity contribution in [1.82, 2.24) is 16.0 Å². The highest BCUT2D eigenvalue weighted by atomic mass is 16.2. The van der Waals surface area contributed by atoms with Gasteiger partial charge < -0.3 is 16.0 Å². The zero-order chi connectivity index (χ0) is 26.0. The van der Waals surface area contributed by atoms with Crippen LogP contribution in [0.25, 0.3) is 0 Å². The minimum atomic E-state index is -0.659. The van der Waals surface area contributed by atoms with Gasteiger partial charge in [-0.15, -0.1) is 0 Å². The quantitative estimate of drug-likeness (QED) is 0.108. The Morgan fingerprint density at radius 3 is 1.77 bits per heavy atom. The summed E-state index contributed by atoms with van der Waals surface area (Å²) < 4.78 is 0. The fourth-order valence-electron chi connectivity index (χ4n) is 3.83. The number of unbranched alkanes of at least 4 members (excludes halogenated alkanes) is 11. The molecule has 0 aromatic carbocycles. The highest BCUT2D eigenvalue weighted by Crippen LogP contribution is 2.10. The summed E-state index contributed by atoms with van der Waals surface area (Å²) in [5, 5.41) is 8.61. The van der Waals surface area contributed by atoms with Gasteiger partial charge in [-0.1, -0.05) is 90.7 Å². The van der Waals surface area contributed by atoms with E-state index in [9.17, 15) is 14.4 Å². The van der Waals surface area contributed by atoms with Crippen LogP contribution in [0.4, 0.5) is 0 Å². The van der Waals surface area contributed by atoms with Gasteiger partial charge in [0.1, 0.15) is 6.04 Å². The molecule has 35 heavy (non-hydrogen) atoms. The summed E-state index contributed by atoms with van der Waals surface area (Å²) in [5.41, 5.74) is 0. The number of hydrogen-bond donors (Lipinski definition) is 3. The predicted molar refractivity (Wildman–Crippen MR) is 147 cm³/mol. The van der Waals surface area contributed by atoms with Crippen LogP contribution in [0.1, 0.15) is 136 Å². The molecule has 0 saturated heterocycles. The Hall–Kier alpha value is -1.85. The molecule has 6 nitrogen and oxygen atoms in total. The van der Waals surface area contributed by atoms with Crippen molar-refractivity contribution in [2.45, 2.75) is 142 Å². The lowest BCUT2D eigenvalue weighted by Gasteiger charge is -2.18. The molecule has 0 bridgehead atoms. The molecular weight excluding hydrogens is 438 g/mol. The second kappa shape index (κ2) is 25.2. The van der Waals surface area contributed by atoms with Gasteiger partial charge >= 0.3 is 0 Å². The fourth-order valence-corrected chi connectivity index (χ4v) is 3.83. The second-order valence-corrected chi connectivity index (χ2v) is 9.63. The minimum absolute atomic E-state index is 0.0688. The van der Waals surface area contributed by atoms with Crippen molar-refractivity contribution in [3.63, 3.8) is 0 Å². The molecule has 0 aromatic heterocycles. The van der Waals surface area contributed by atoms with Gasteiger partial charge in [0.05, 0.1) is 0 Å². The maximum absolute atomic E-state index is 12.5. The Morgan fingerprint density at radius 2 is 1.14 bits per heavy atom. The summed E-state index contributed by atoms with van der Waals surface area (Å²) in [6.45, 7) is 7.64. The molecule has 1 atom stereocenters. The molecule has 0 rings (SSSR count). The zero-order valence-corrected chi connectivity index (χ0v) is 23.1. The smallest absolute Gasteiger partial charge is 0.242 e. The van der Waals surface area contributed by atoms with Crippen LogP contribution in [0.3, 0.4) is 0 Å². The predicted octanol–water partition coefficient (Wildman–Crippen LogP) is 6.34. The van der Waals surface area contributed by atoms with Crippen LogP contribution in [-0.4, -0.2) is 36.9 Å². The molecule has 0 saturated carbocycles. The van der Waals surface area contributed by atoms with Crippen LogP contribution in [0.15, 0.2) is 12.2 Å². The molecule has 204 valence electrons. The summed E-state index contributed by atoms with van der Waals surface area (Å²) in [4.78, 5) is 37.0. The summed E-state index contributed by atoms with van der Waals surface area (Å²) in [7, 11) is 0. The molecular formula is C29H55N3O3. The van der Waals surface area contributed by atoms with E-state index >= 15 is 0 Å². The average Bonchev–Trinajstić information content (AvgIpc) is 2.84. The van der Waals surface area contributed by atoms with Crippen LogP contribution < -0.4 is 16.0 Å². The Morgan fingerprint density at radius 1 is 0.600 bits per heavy atom. The summed E-state index contributed by atoms with van der Waals surface area (Å²) in [6.07, 6.45) is 22.6. The van der Waals surface area contributed by atoms with Crippen molar-refractivity contribution < 1.29 is 14.4 Å². The monoisotopic (exact) mass is 493 g/mol. The molecule has 0 radical (unpaired) electrons.